The van der Waals surface area contributed by atoms with Gasteiger partial charge in [-0.25, -0.2) is 4.79 Å². The van der Waals surface area contributed by atoms with E-state index in [1.807, 2.05) is 13.0 Å². The fourth-order valence-corrected chi connectivity index (χ4v) is 3.00. The molecular weight excluding hydrogens is 428 g/mol. The van der Waals surface area contributed by atoms with Crippen LogP contribution in [0.25, 0.3) is 0 Å². The van der Waals surface area contributed by atoms with Gasteiger partial charge in [-0.3, -0.25) is 14.9 Å². The summed E-state index contributed by atoms with van der Waals surface area (Å²) in [5, 5.41) is 6.07. The number of benzene rings is 2. The minimum Gasteiger partial charge on any atom is -0.493 e. The van der Waals surface area contributed by atoms with Gasteiger partial charge in [-0.05, 0) is 37.6 Å². The van der Waals surface area contributed by atoms with Gasteiger partial charge in [-0.15, -0.1) is 0 Å². The predicted molar refractivity (Wildman–Crippen MR) is 117 cm³/mol. The molecule has 0 aliphatic carbocycles. The first kappa shape index (κ1) is 23.5. The minimum atomic E-state index is -0.740. The van der Waals surface area contributed by atoms with Crippen molar-refractivity contribution in [3.05, 3.63) is 76.7 Å². The molecule has 0 aliphatic rings. The van der Waals surface area contributed by atoms with E-state index in [2.05, 4.69) is 10.5 Å². The van der Waals surface area contributed by atoms with Gasteiger partial charge in [-0.1, -0.05) is 35.5 Å². The molecule has 172 valence electrons. The normalized spacial score (nSPS) is 10.4. The maximum absolute atomic E-state index is 12.3. The third-order valence-electron chi connectivity index (χ3n) is 4.77. The lowest BCUT2D eigenvalue weighted by atomic mass is 10.1. The average molecular weight is 452 g/mol. The lowest BCUT2D eigenvalue weighted by Crippen LogP contribution is -2.35. The second-order valence-electron chi connectivity index (χ2n) is 7.17. The number of aryl methyl sites for hydroxylation is 2. The second kappa shape index (κ2) is 10.9. The first-order chi connectivity index (χ1) is 15.9. The van der Waals surface area contributed by atoms with Crippen LogP contribution in [-0.2, 0) is 27.4 Å². The Morgan fingerprint density at radius 2 is 1.76 bits per heavy atom. The quantitative estimate of drug-likeness (QED) is 0.493. The van der Waals surface area contributed by atoms with Crippen molar-refractivity contribution < 1.29 is 33.1 Å². The zero-order valence-electron chi connectivity index (χ0n) is 18.5. The molecule has 0 unspecified atom stereocenters. The number of imide groups is 1. The van der Waals surface area contributed by atoms with E-state index in [4.69, 9.17) is 18.7 Å². The van der Waals surface area contributed by atoms with Crippen molar-refractivity contribution in [3.63, 3.8) is 0 Å². The van der Waals surface area contributed by atoms with Gasteiger partial charge in [-0.2, -0.15) is 0 Å². The van der Waals surface area contributed by atoms with Crippen LogP contribution in [0.5, 0.6) is 11.5 Å². The zero-order valence-corrected chi connectivity index (χ0v) is 18.5. The molecule has 0 bridgehead atoms. The Kier molecular flexibility index (Phi) is 7.80. The number of amides is 2. The highest BCUT2D eigenvalue weighted by molar-refractivity contribution is 5.98. The van der Waals surface area contributed by atoms with Crippen molar-refractivity contribution in [1.29, 1.82) is 0 Å². The summed E-state index contributed by atoms with van der Waals surface area (Å²) in [6.45, 7) is 3.24. The zero-order chi connectivity index (χ0) is 23.8. The van der Waals surface area contributed by atoms with Gasteiger partial charge in [0.1, 0.15) is 12.4 Å². The summed E-state index contributed by atoms with van der Waals surface area (Å²) in [6, 6.07) is 13.5. The molecule has 1 N–H and O–H groups in total. The van der Waals surface area contributed by atoms with Crippen molar-refractivity contribution >= 4 is 17.8 Å². The molecule has 1 heterocycles. The summed E-state index contributed by atoms with van der Waals surface area (Å²) < 4.78 is 21.2. The smallest absolute Gasteiger partial charge is 0.338 e. The number of hydrogen-bond acceptors (Lipinski definition) is 8. The van der Waals surface area contributed by atoms with Gasteiger partial charge in [0.2, 0.25) is 5.91 Å². The number of methoxy groups -OCH3 is 1. The van der Waals surface area contributed by atoms with Crippen LogP contribution in [0.1, 0.15) is 32.9 Å². The van der Waals surface area contributed by atoms with Gasteiger partial charge in [0.05, 0.1) is 30.4 Å². The number of ether oxygens (including phenoxy) is 3. The number of carbonyl (C=O) groups excluding carboxylic acids is 3. The first-order valence-electron chi connectivity index (χ1n) is 10.1. The highest BCUT2D eigenvalue weighted by Crippen LogP contribution is 2.29. The van der Waals surface area contributed by atoms with Gasteiger partial charge in [0, 0.05) is 0 Å². The number of aromatic nitrogens is 1. The molecule has 0 saturated heterocycles. The van der Waals surface area contributed by atoms with Crippen LogP contribution in [0.2, 0.25) is 0 Å². The fraction of sp³-hybridized carbons (Fsp3) is 0.250. The Labute approximate surface area is 190 Å². The average Bonchev–Trinajstić information content (AvgIpc) is 3.13. The second-order valence-corrected chi connectivity index (χ2v) is 7.17. The van der Waals surface area contributed by atoms with Crippen molar-refractivity contribution in [2.75, 3.05) is 13.7 Å². The number of nitrogens with zero attached hydrogens (tertiary/aromatic N) is 1. The summed E-state index contributed by atoms with van der Waals surface area (Å²) in [5.74, 6) is -0.542. The minimum absolute atomic E-state index is 0.0487. The van der Waals surface area contributed by atoms with Crippen molar-refractivity contribution in [2.45, 2.75) is 26.9 Å². The molecule has 0 atom stereocenters. The van der Waals surface area contributed by atoms with Crippen LogP contribution in [-0.4, -0.2) is 36.7 Å². The summed E-state index contributed by atoms with van der Waals surface area (Å²) >= 11 is 0. The van der Waals surface area contributed by atoms with Crippen LogP contribution in [0.3, 0.4) is 0 Å². The first-order valence-corrected chi connectivity index (χ1v) is 10.1. The molecule has 3 aromatic rings. The monoisotopic (exact) mass is 452 g/mol. The van der Waals surface area contributed by atoms with Gasteiger partial charge in [0.15, 0.2) is 18.1 Å². The Balaban J connectivity index is 1.53. The Hall–Kier alpha value is -4.14. The molecule has 0 aliphatic heterocycles. The maximum Gasteiger partial charge on any atom is 0.338 e. The molecule has 0 radical (unpaired) electrons. The molecule has 3 rings (SSSR count). The van der Waals surface area contributed by atoms with E-state index in [0.717, 1.165) is 16.8 Å². The molecule has 9 nitrogen and oxygen atoms in total. The number of rotatable bonds is 9. The van der Waals surface area contributed by atoms with Crippen molar-refractivity contribution in [1.82, 2.24) is 10.5 Å². The van der Waals surface area contributed by atoms with E-state index >= 15 is 0 Å². The molecule has 9 heteroatoms. The van der Waals surface area contributed by atoms with Crippen molar-refractivity contribution in [3.8, 4) is 11.5 Å². The van der Waals surface area contributed by atoms with Gasteiger partial charge in [0.25, 0.3) is 5.91 Å². The van der Waals surface area contributed by atoms with Crippen LogP contribution >= 0.6 is 0 Å². The number of nitrogens with one attached hydrogen (secondary N) is 1. The standard InChI is InChI=1S/C24H24N2O7/c1-15-19(16(2)33-26-15)13-31-20-10-9-18(12-21(20)30-3)24(29)32-14-23(28)25-22(27)11-17-7-5-4-6-8-17/h4-10,12H,11,13-14H2,1-3H3,(H,25,27,28). The molecule has 2 aromatic carbocycles. The predicted octanol–water partition coefficient (Wildman–Crippen LogP) is 2.92. The molecule has 0 fully saturated rings. The van der Waals surface area contributed by atoms with Crippen LogP contribution in [0.4, 0.5) is 0 Å². The van der Waals surface area contributed by atoms with Crippen molar-refractivity contribution in [2.24, 2.45) is 0 Å². The Morgan fingerprint density at radius 3 is 2.42 bits per heavy atom. The maximum atomic E-state index is 12.3. The van der Waals surface area contributed by atoms with Crippen LogP contribution in [0.15, 0.2) is 53.1 Å². The highest BCUT2D eigenvalue weighted by Gasteiger charge is 2.16. The molecule has 0 spiro atoms. The highest BCUT2D eigenvalue weighted by atomic mass is 16.5. The molecule has 1 aromatic heterocycles. The van der Waals surface area contributed by atoms with E-state index in [0.29, 0.717) is 17.3 Å². The topological polar surface area (TPSA) is 117 Å². The van der Waals surface area contributed by atoms with Gasteiger partial charge < -0.3 is 18.7 Å². The molecular formula is C24H24N2O7. The van der Waals surface area contributed by atoms with E-state index in [1.54, 1.807) is 37.3 Å². The van der Waals surface area contributed by atoms with Gasteiger partial charge >= 0.3 is 5.97 Å². The molecule has 33 heavy (non-hydrogen) atoms. The number of hydrogen-bond donors (Lipinski definition) is 1. The summed E-state index contributed by atoms with van der Waals surface area (Å²) in [7, 11) is 1.44. The van der Waals surface area contributed by atoms with Crippen LogP contribution in [0, 0.1) is 13.8 Å². The summed E-state index contributed by atoms with van der Waals surface area (Å²) in [5.41, 5.74) is 2.49. The number of carbonyl (C=O) groups is 3. The lowest BCUT2D eigenvalue weighted by Gasteiger charge is -2.12. The van der Waals surface area contributed by atoms with E-state index in [1.165, 1.54) is 19.2 Å². The third kappa shape index (κ3) is 6.42. The SMILES string of the molecule is COc1cc(C(=O)OCC(=O)NC(=O)Cc2ccccc2)ccc1OCc1c(C)noc1C. The Morgan fingerprint density at radius 1 is 1.00 bits per heavy atom. The molecule has 0 saturated carbocycles. The van der Waals surface area contributed by atoms with E-state index in [-0.39, 0.29) is 18.6 Å². The van der Waals surface area contributed by atoms with Crippen LogP contribution < -0.4 is 14.8 Å². The van der Waals surface area contributed by atoms with E-state index in [9.17, 15) is 14.4 Å². The Bertz CT molecular complexity index is 1120. The molecule has 2 amide bonds. The summed E-state index contributed by atoms with van der Waals surface area (Å²) in [4.78, 5) is 36.2. The lowest BCUT2D eigenvalue weighted by molar-refractivity contribution is -0.132. The largest absolute Gasteiger partial charge is 0.493 e. The number of esters is 1. The summed E-state index contributed by atoms with van der Waals surface area (Å²) in [6.07, 6.45) is 0.0487. The fourth-order valence-electron chi connectivity index (χ4n) is 3.00. The third-order valence-corrected chi connectivity index (χ3v) is 4.77. The van der Waals surface area contributed by atoms with E-state index < -0.39 is 24.4 Å².